The van der Waals surface area contributed by atoms with Crippen molar-refractivity contribution in [2.24, 2.45) is 0 Å². The molecule has 0 saturated carbocycles. The van der Waals surface area contributed by atoms with E-state index in [0.29, 0.717) is 0 Å². The van der Waals surface area contributed by atoms with Crippen LogP contribution in [0.5, 0.6) is 0 Å². The number of rotatable bonds is 2. The first-order chi connectivity index (χ1) is 11.7. The van der Waals surface area contributed by atoms with Gasteiger partial charge in [-0.2, -0.15) is 35.4 Å². The molecule has 0 spiro atoms. The molecular weight excluding hydrogens is 379 g/mol. The fraction of sp³-hybridized carbons (Fsp3) is 0.130. The molecule has 0 amide bonds. The van der Waals surface area contributed by atoms with Crippen molar-refractivity contribution in [3.8, 4) is 0 Å². The molecule has 2 heteroatoms. The predicted molar refractivity (Wildman–Crippen MR) is 103 cm³/mol. The Hall–Kier alpha value is -1.70. The van der Waals surface area contributed by atoms with Crippen molar-refractivity contribution in [2.75, 3.05) is 11.9 Å². The molecule has 4 aromatic rings. The molecule has 121 valence electrons. The van der Waals surface area contributed by atoms with Crippen molar-refractivity contribution in [1.82, 2.24) is 0 Å². The van der Waals surface area contributed by atoms with Crippen LogP contribution < -0.4 is 4.90 Å². The van der Waals surface area contributed by atoms with Crippen molar-refractivity contribution in [3.05, 3.63) is 83.9 Å². The van der Waals surface area contributed by atoms with Gasteiger partial charge < -0.3 is 4.90 Å². The number of nitrogens with zero attached hydrogens (tertiary/aromatic N) is 1. The summed E-state index contributed by atoms with van der Waals surface area (Å²) < 4.78 is 0. The van der Waals surface area contributed by atoms with Gasteiger partial charge in [-0.25, -0.2) is 0 Å². The Morgan fingerprint density at radius 1 is 0.640 bits per heavy atom. The molecular formula is C23H19NY-2. The van der Waals surface area contributed by atoms with Gasteiger partial charge in [0.05, 0.1) is 0 Å². The molecule has 25 heavy (non-hydrogen) atoms. The fourth-order valence-corrected chi connectivity index (χ4v) is 3.40. The van der Waals surface area contributed by atoms with E-state index < -0.39 is 0 Å². The molecule has 0 N–H and O–H groups in total. The number of fused-ring (bicyclic) bond motifs is 2. The molecule has 4 aromatic carbocycles. The van der Waals surface area contributed by atoms with Gasteiger partial charge in [-0.05, 0) is 0 Å². The van der Waals surface area contributed by atoms with E-state index in [9.17, 15) is 0 Å². The number of benzene rings is 4. The first kappa shape index (κ1) is 18.1. The van der Waals surface area contributed by atoms with Crippen LogP contribution in [-0.2, 0) is 32.7 Å². The molecule has 0 bridgehead atoms. The van der Waals surface area contributed by atoms with Gasteiger partial charge in [-0.1, -0.05) is 61.6 Å². The van der Waals surface area contributed by atoms with Gasteiger partial charge >= 0.3 is 0 Å². The zero-order valence-electron chi connectivity index (χ0n) is 14.8. The normalized spacial score (nSPS) is 10.7. The third-order valence-corrected chi connectivity index (χ3v) is 4.74. The summed E-state index contributed by atoms with van der Waals surface area (Å²) >= 11 is 0. The maximum atomic E-state index is 3.46. The van der Waals surface area contributed by atoms with E-state index in [1.165, 1.54) is 32.7 Å². The molecule has 0 heterocycles. The molecule has 0 atom stereocenters. The third-order valence-electron chi connectivity index (χ3n) is 4.74. The minimum absolute atomic E-state index is 0. The van der Waals surface area contributed by atoms with E-state index in [1.807, 2.05) is 0 Å². The predicted octanol–water partition coefficient (Wildman–Crippen LogP) is 5.98. The first-order valence-corrected chi connectivity index (χ1v) is 8.20. The summed E-state index contributed by atoms with van der Waals surface area (Å²) in [7, 11) is 2.10. The van der Waals surface area contributed by atoms with Crippen LogP contribution in [0.3, 0.4) is 0 Å². The monoisotopic (exact) mass is 398 g/mol. The van der Waals surface area contributed by atoms with E-state index in [-0.39, 0.29) is 32.7 Å². The van der Waals surface area contributed by atoms with Gasteiger partial charge in [0.25, 0.3) is 0 Å². The Morgan fingerprint density at radius 2 is 1.00 bits per heavy atom. The van der Waals surface area contributed by atoms with E-state index >= 15 is 0 Å². The summed E-state index contributed by atoms with van der Waals surface area (Å²) in [5.74, 6) is 0. The van der Waals surface area contributed by atoms with Gasteiger partial charge in [-0.3, -0.25) is 0 Å². The van der Waals surface area contributed by atoms with Crippen LogP contribution in [0, 0.1) is 26.0 Å². The topological polar surface area (TPSA) is 3.24 Å². The number of aryl methyl sites for hydroxylation is 2. The van der Waals surface area contributed by atoms with Crippen molar-refractivity contribution in [2.45, 2.75) is 13.8 Å². The Morgan fingerprint density at radius 3 is 1.40 bits per heavy atom. The van der Waals surface area contributed by atoms with E-state index in [4.69, 9.17) is 0 Å². The number of hydrogen-bond acceptors (Lipinski definition) is 1. The summed E-state index contributed by atoms with van der Waals surface area (Å²) in [5.41, 5.74) is 4.67. The molecule has 0 aliphatic rings. The van der Waals surface area contributed by atoms with Crippen molar-refractivity contribution in [1.29, 1.82) is 0 Å². The van der Waals surface area contributed by atoms with Gasteiger partial charge in [0.1, 0.15) is 0 Å². The number of hydrogen-bond donors (Lipinski definition) is 0. The zero-order chi connectivity index (χ0) is 16.7. The standard InChI is InChI=1S/C23H19N.Y/c1-16-12-14-22(20-10-6-4-8-18(16)20)24(3)23-15-13-17(2)19-9-5-7-11-21(19)23;/h4-13H,1-3H3;/q-2;. The largest absolute Gasteiger partial charge is 0.390 e. The SMILES string of the molecule is Cc1c[c-]c(N(C)c2[c-]cc(C)c3ccccc23)c2ccccc12.[Y]. The summed E-state index contributed by atoms with van der Waals surface area (Å²) in [6.45, 7) is 4.27. The molecule has 0 saturated heterocycles. The average Bonchev–Trinajstić information content (AvgIpc) is 2.62. The third kappa shape index (κ3) is 3.12. The summed E-state index contributed by atoms with van der Waals surface area (Å²) in [6, 6.07) is 28.1. The molecule has 0 aromatic heterocycles. The Balaban J connectivity index is 0.00000182. The van der Waals surface area contributed by atoms with Crippen LogP contribution in [0.1, 0.15) is 11.1 Å². The maximum absolute atomic E-state index is 3.46. The second kappa shape index (κ2) is 7.27. The molecule has 0 fully saturated rings. The second-order valence-corrected chi connectivity index (χ2v) is 6.29. The van der Waals surface area contributed by atoms with Crippen LogP contribution in [0.15, 0.2) is 60.7 Å². The molecule has 0 aliphatic carbocycles. The minimum Gasteiger partial charge on any atom is -0.390 e. The van der Waals surface area contributed by atoms with Crippen LogP contribution in [0.2, 0.25) is 0 Å². The molecule has 0 aliphatic heterocycles. The van der Waals surface area contributed by atoms with E-state index in [2.05, 4.69) is 98.6 Å². The summed E-state index contributed by atoms with van der Waals surface area (Å²) in [5, 5.41) is 4.99. The molecule has 1 nitrogen and oxygen atoms in total. The van der Waals surface area contributed by atoms with Crippen molar-refractivity contribution < 1.29 is 32.7 Å². The smallest absolute Gasteiger partial charge is 0.00729 e. The van der Waals surface area contributed by atoms with Gasteiger partial charge in [-0.15, -0.1) is 33.7 Å². The summed E-state index contributed by atoms with van der Waals surface area (Å²) in [6.07, 6.45) is 0. The second-order valence-electron chi connectivity index (χ2n) is 6.29. The van der Waals surface area contributed by atoms with Crippen LogP contribution in [0.25, 0.3) is 21.5 Å². The first-order valence-electron chi connectivity index (χ1n) is 8.20. The maximum Gasteiger partial charge on any atom is 0.00729 e. The van der Waals surface area contributed by atoms with Gasteiger partial charge in [0, 0.05) is 39.8 Å². The van der Waals surface area contributed by atoms with Crippen molar-refractivity contribution in [3.63, 3.8) is 0 Å². The van der Waals surface area contributed by atoms with Crippen LogP contribution >= 0.6 is 0 Å². The van der Waals surface area contributed by atoms with Crippen LogP contribution in [0.4, 0.5) is 11.4 Å². The van der Waals surface area contributed by atoms with Crippen LogP contribution in [-0.4, -0.2) is 7.05 Å². The van der Waals surface area contributed by atoms with Gasteiger partial charge in [0.15, 0.2) is 0 Å². The zero-order valence-corrected chi connectivity index (χ0v) is 17.6. The fourth-order valence-electron chi connectivity index (χ4n) is 3.40. The summed E-state index contributed by atoms with van der Waals surface area (Å²) in [4.78, 5) is 2.20. The quantitative estimate of drug-likeness (QED) is 0.376. The minimum atomic E-state index is 0. The van der Waals surface area contributed by atoms with Gasteiger partial charge in [0.2, 0.25) is 0 Å². The number of anilines is 2. The molecule has 0 unspecified atom stereocenters. The average molecular weight is 398 g/mol. The van der Waals surface area contributed by atoms with E-state index in [1.54, 1.807) is 0 Å². The van der Waals surface area contributed by atoms with E-state index in [0.717, 1.165) is 11.4 Å². The Labute approximate surface area is 174 Å². The Bertz CT molecular complexity index is 967. The molecule has 1 radical (unpaired) electrons. The van der Waals surface area contributed by atoms with Crippen molar-refractivity contribution >= 4 is 32.9 Å². The Kier molecular flexibility index (Phi) is 5.27. The molecule has 4 rings (SSSR count).